The van der Waals surface area contributed by atoms with E-state index >= 15 is 0 Å². The highest BCUT2D eigenvalue weighted by atomic mass is 127. The molecule has 23 heavy (non-hydrogen) atoms. The summed E-state index contributed by atoms with van der Waals surface area (Å²) in [5.41, 5.74) is 1.43. The third kappa shape index (κ3) is 3.45. The van der Waals surface area contributed by atoms with Crippen LogP contribution in [0.3, 0.4) is 0 Å². The number of hydrogen-bond donors (Lipinski definition) is 0. The van der Waals surface area contributed by atoms with E-state index in [9.17, 15) is 4.79 Å². The molecule has 1 heterocycles. The second-order valence-corrected chi connectivity index (χ2v) is 6.42. The van der Waals surface area contributed by atoms with Gasteiger partial charge in [0, 0.05) is 13.6 Å². The van der Waals surface area contributed by atoms with Crippen molar-refractivity contribution >= 4 is 51.9 Å². The molecule has 0 aromatic heterocycles. The summed E-state index contributed by atoms with van der Waals surface area (Å²) in [5.74, 6) is 1.28. The molecule has 0 aliphatic carbocycles. The van der Waals surface area contributed by atoms with Gasteiger partial charge in [0.15, 0.2) is 16.6 Å². The number of thiocarbonyl (C=S) groups is 1. The van der Waals surface area contributed by atoms with E-state index in [4.69, 9.17) is 21.7 Å². The first-order valence-electron chi connectivity index (χ1n) is 7.26. The maximum Gasteiger partial charge on any atom is 0.276 e. The molecule has 0 radical (unpaired) electrons. The highest BCUT2D eigenvalue weighted by Crippen LogP contribution is 2.35. The fourth-order valence-electron chi connectivity index (χ4n) is 2.38. The highest BCUT2D eigenvalue weighted by Gasteiger charge is 2.34. The number of methoxy groups -OCH3 is 1. The second-order valence-electron chi connectivity index (χ2n) is 4.89. The number of rotatable bonds is 5. The number of carbonyl (C=O) groups excluding carboxylic acids is 1. The van der Waals surface area contributed by atoms with Gasteiger partial charge < -0.3 is 14.4 Å². The van der Waals surface area contributed by atoms with Gasteiger partial charge in [0.2, 0.25) is 0 Å². The molecule has 1 aromatic rings. The fourth-order valence-corrected chi connectivity index (χ4v) is 3.54. The molecule has 1 fully saturated rings. The van der Waals surface area contributed by atoms with Gasteiger partial charge in [0.25, 0.3) is 5.91 Å². The van der Waals surface area contributed by atoms with Crippen molar-refractivity contribution in [2.45, 2.75) is 13.8 Å². The van der Waals surface area contributed by atoms with Crippen molar-refractivity contribution < 1.29 is 14.3 Å². The number of benzene rings is 1. The lowest BCUT2D eigenvalue weighted by atomic mass is 10.1. The fraction of sp³-hybridized carbons (Fsp3) is 0.375. The third-order valence-electron chi connectivity index (χ3n) is 3.50. The summed E-state index contributed by atoms with van der Waals surface area (Å²) in [7, 11) is 3.42. The van der Waals surface area contributed by atoms with E-state index in [0.717, 1.165) is 9.13 Å². The van der Waals surface area contributed by atoms with Gasteiger partial charge in [-0.1, -0.05) is 0 Å². The van der Waals surface area contributed by atoms with Crippen LogP contribution in [0.1, 0.15) is 19.4 Å². The zero-order valence-corrected chi connectivity index (χ0v) is 16.5. The van der Waals surface area contributed by atoms with E-state index in [1.807, 2.05) is 32.1 Å². The van der Waals surface area contributed by atoms with Gasteiger partial charge in [-0.05, 0) is 72.4 Å². The largest absolute Gasteiger partial charge is 0.492 e. The number of nitrogens with zero attached hydrogens (tertiary/aromatic N) is 2. The lowest BCUT2D eigenvalue weighted by Crippen LogP contribution is -2.30. The highest BCUT2D eigenvalue weighted by molar-refractivity contribution is 14.1. The molecular weight excluding hydrogens is 427 g/mol. The minimum absolute atomic E-state index is 0.0798. The summed E-state index contributed by atoms with van der Waals surface area (Å²) in [4.78, 5) is 15.8. The van der Waals surface area contributed by atoms with E-state index in [-0.39, 0.29) is 5.91 Å². The minimum Gasteiger partial charge on any atom is -0.492 e. The van der Waals surface area contributed by atoms with Crippen LogP contribution in [0.25, 0.3) is 6.08 Å². The molecule has 0 spiro atoms. The predicted octanol–water partition coefficient (Wildman–Crippen LogP) is 3.12. The number of amides is 1. The molecule has 0 bridgehead atoms. The molecular formula is C16H19IN2O3S. The Hall–Kier alpha value is -1.35. The van der Waals surface area contributed by atoms with Crippen LogP contribution < -0.4 is 9.47 Å². The van der Waals surface area contributed by atoms with E-state index in [2.05, 4.69) is 22.6 Å². The van der Waals surface area contributed by atoms with Crippen LogP contribution >= 0.6 is 34.8 Å². The average Bonchev–Trinajstić information content (AvgIpc) is 2.71. The van der Waals surface area contributed by atoms with Crippen LogP contribution in [0.2, 0.25) is 0 Å². The number of hydrogen-bond acceptors (Lipinski definition) is 4. The summed E-state index contributed by atoms with van der Waals surface area (Å²) in [6.07, 6.45) is 1.83. The first-order chi connectivity index (χ1) is 10.9. The minimum atomic E-state index is -0.0798. The Bertz CT molecular complexity index is 676. The number of likely N-dealkylation sites (N-methyl/N-ethyl adjacent to an activating group) is 2. The van der Waals surface area contributed by atoms with Gasteiger partial charge in [0.05, 0.1) is 17.3 Å². The Morgan fingerprint density at radius 3 is 2.57 bits per heavy atom. The first-order valence-corrected chi connectivity index (χ1v) is 8.74. The van der Waals surface area contributed by atoms with Crippen molar-refractivity contribution in [2.24, 2.45) is 0 Å². The lowest BCUT2D eigenvalue weighted by molar-refractivity contribution is -0.122. The molecule has 0 unspecified atom stereocenters. The molecule has 1 aliphatic heterocycles. The molecule has 2 rings (SSSR count). The second kappa shape index (κ2) is 7.48. The molecule has 0 saturated carbocycles. The maximum absolute atomic E-state index is 12.5. The SMILES string of the molecule is CCOc1cc(/C=C2/C(=O)N(CC)C(=S)N2C)cc(I)c1OC. The molecule has 1 saturated heterocycles. The zero-order valence-electron chi connectivity index (χ0n) is 13.6. The van der Waals surface area contributed by atoms with Gasteiger partial charge in [-0.3, -0.25) is 9.69 Å². The summed E-state index contributed by atoms with van der Waals surface area (Å²) in [6.45, 7) is 4.93. The van der Waals surface area contributed by atoms with Gasteiger partial charge in [-0.15, -0.1) is 0 Å². The topological polar surface area (TPSA) is 42.0 Å². The number of carbonyl (C=O) groups is 1. The Kier molecular flexibility index (Phi) is 5.85. The third-order valence-corrected chi connectivity index (χ3v) is 4.79. The molecule has 0 N–H and O–H groups in total. The summed E-state index contributed by atoms with van der Waals surface area (Å²) in [6, 6.07) is 3.82. The lowest BCUT2D eigenvalue weighted by Gasteiger charge is -2.14. The molecule has 124 valence electrons. The molecule has 1 amide bonds. The van der Waals surface area contributed by atoms with Gasteiger partial charge >= 0.3 is 0 Å². The molecule has 1 aromatic carbocycles. The van der Waals surface area contributed by atoms with Crippen LogP contribution in [0, 0.1) is 3.57 Å². The van der Waals surface area contributed by atoms with Gasteiger partial charge in [-0.2, -0.15) is 0 Å². The monoisotopic (exact) mass is 446 g/mol. The molecule has 1 aliphatic rings. The van der Waals surface area contributed by atoms with Crippen LogP contribution in [0.15, 0.2) is 17.8 Å². The molecule has 7 heteroatoms. The normalized spacial score (nSPS) is 16.5. The standard InChI is InChI=1S/C16H19IN2O3S/c1-5-19-15(20)12(18(3)16(19)23)8-10-7-11(17)14(21-4)13(9-10)22-6-2/h7-9H,5-6H2,1-4H3/b12-8-. The Morgan fingerprint density at radius 2 is 2.04 bits per heavy atom. The molecule has 0 atom stereocenters. The van der Waals surface area contributed by atoms with E-state index in [0.29, 0.717) is 35.5 Å². The van der Waals surface area contributed by atoms with Crippen molar-refractivity contribution in [1.82, 2.24) is 9.80 Å². The quantitative estimate of drug-likeness (QED) is 0.395. The van der Waals surface area contributed by atoms with Crippen molar-refractivity contribution in [1.29, 1.82) is 0 Å². The van der Waals surface area contributed by atoms with Crippen LogP contribution in [-0.2, 0) is 4.79 Å². The van der Waals surface area contributed by atoms with Crippen LogP contribution in [0.5, 0.6) is 11.5 Å². The number of halogens is 1. The van der Waals surface area contributed by atoms with E-state index < -0.39 is 0 Å². The van der Waals surface area contributed by atoms with Gasteiger partial charge in [0.1, 0.15) is 5.70 Å². The Balaban J connectivity index is 2.47. The first kappa shape index (κ1) is 18.0. The van der Waals surface area contributed by atoms with Crippen molar-refractivity contribution in [3.8, 4) is 11.5 Å². The maximum atomic E-state index is 12.5. The molecule has 5 nitrogen and oxygen atoms in total. The van der Waals surface area contributed by atoms with Gasteiger partial charge in [-0.25, -0.2) is 0 Å². The zero-order chi connectivity index (χ0) is 17.1. The Morgan fingerprint density at radius 1 is 1.35 bits per heavy atom. The summed E-state index contributed by atoms with van der Waals surface area (Å²) < 4.78 is 11.9. The van der Waals surface area contributed by atoms with E-state index in [1.165, 1.54) is 0 Å². The number of ether oxygens (including phenoxy) is 2. The van der Waals surface area contributed by atoms with Crippen LogP contribution in [0.4, 0.5) is 0 Å². The van der Waals surface area contributed by atoms with Crippen molar-refractivity contribution in [3.63, 3.8) is 0 Å². The van der Waals surface area contributed by atoms with Crippen LogP contribution in [-0.4, -0.2) is 48.1 Å². The van der Waals surface area contributed by atoms with E-state index in [1.54, 1.807) is 24.0 Å². The summed E-state index contributed by atoms with van der Waals surface area (Å²) in [5, 5.41) is 0.525. The summed E-state index contributed by atoms with van der Waals surface area (Å²) >= 11 is 7.50. The predicted molar refractivity (Wildman–Crippen MR) is 103 cm³/mol. The Labute approximate surface area is 155 Å². The van der Waals surface area contributed by atoms with Crippen molar-refractivity contribution in [2.75, 3.05) is 27.3 Å². The van der Waals surface area contributed by atoms with Crippen molar-refractivity contribution in [3.05, 3.63) is 27.0 Å². The average molecular weight is 446 g/mol. The smallest absolute Gasteiger partial charge is 0.276 e.